The summed E-state index contributed by atoms with van der Waals surface area (Å²) in [6.07, 6.45) is 6.43. The minimum Gasteiger partial charge on any atom is -0.382 e. The zero-order valence-corrected chi connectivity index (χ0v) is 19.6. The highest BCUT2D eigenvalue weighted by Crippen LogP contribution is 2.55. The van der Waals surface area contributed by atoms with Crippen molar-refractivity contribution in [3.05, 3.63) is 34.4 Å². The number of unbranched alkanes of at least 4 members (excludes halogenated alkanes) is 1. The Bertz CT molecular complexity index is 1200. The summed E-state index contributed by atoms with van der Waals surface area (Å²) in [4.78, 5) is 33.7. The molecule has 1 saturated carbocycles. The van der Waals surface area contributed by atoms with Gasteiger partial charge in [0.05, 0.1) is 6.54 Å². The number of aromatic nitrogens is 5. The van der Waals surface area contributed by atoms with Crippen molar-refractivity contribution >= 4 is 28.7 Å². The highest BCUT2D eigenvalue weighted by atomic mass is 16.1. The van der Waals surface area contributed by atoms with Gasteiger partial charge in [-0.25, -0.2) is 9.78 Å². The highest BCUT2D eigenvalue weighted by Gasteiger charge is 2.58. The van der Waals surface area contributed by atoms with Gasteiger partial charge in [-0.15, -0.1) is 0 Å². The number of nitrogens with two attached hydrogens (primary N) is 1. The molecule has 2 fully saturated rings. The van der Waals surface area contributed by atoms with Gasteiger partial charge in [0.15, 0.2) is 11.5 Å². The normalized spacial score (nSPS) is 22.1. The minimum absolute atomic E-state index is 0.259. The number of aromatic amines is 1. The van der Waals surface area contributed by atoms with E-state index in [0.29, 0.717) is 35.1 Å². The first-order valence-corrected chi connectivity index (χ1v) is 11.8. The first-order valence-electron chi connectivity index (χ1n) is 11.8. The van der Waals surface area contributed by atoms with Crippen LogP contribution in [0.3, 0.4) is 0 Å². The van der Waals surface area contributed by atoms with Gasteiger partial charge in [-0.05, 0) is 45.0 Å². The summed E-state index contributed by atoms with van der Waals surface area (Å²) in [7, 11) is 4.34. The quantitative estimate of drug-likeness (QED) is 0.444. The topological polar surface area (TPSA) is 121 Å². The fourth-order valence-electron chi connectivity index (χ4n) is 5.12. The van der Waals surface area contributed by atoms with Gasteiger partial charge in [0.25, 0.3) is 0 Å². The molecule has 33 heavy (non-hydrogen) atoms. The number of anilines is 3. The van der Waals surface area contributed by atoms with Crippen LogP contribution in [-0.4, -0.2) is 69.2 Å². The maximum absolute atomic E-state index is 12.6. The first kappa shape index (κ1) is 21.7. The number of hydrogen-bond donors (Lipinski definition) is 3. The molecule has 1 aliphatic carbocycles. The smallest absolute Gasteiger partial charge is 0.328 e. The van der Waals surface area contributed by atoms with Crippen molar-refractivity contribution in [1.82, 2.24) is 29.4 Å². The van der Waals surface area contributed by atoms with Gasteiger partial charge in [-0.1, -0.05) is 19.4 Å². The molecule has 1 spiro atoms. The van der Waals surface area contributed by atoms with E-state index in [9.17, 15) is 4.79 Å². The average molecular weight is 452 g/mol. The third-order valence-electron chi connectivity index (χ3n) is 7.09. The lowest BCUT2D eigenvalue weighted by molar-refractivity contribution is 0.335. The Hall–Kier alpha value is -3.14. The van der Waals surface area contributed by atoms with Crippen LogP contribution >= 0.6 is 0 Å². The van der Waals surface area contributed by atoms with E-state index in [1.54, 1.807) is 4.57 Å². The van der Waals surface area contributed by atoms with Crippen LogP contribution in [0.2, 0.25) is 0 Å². The van der Waals surface area contributed by atoms with Crippen molar-refractivity contribution in [2.75, 3.05) is 49.7 Å². The second-order valence-electron chi connectivity index (χ2n) is 9.67. The molecule has 0 aromatic carbocycles. The van der Waals surface area contributed by atoms with Crippen molar-refractivity contribution in [1.29, 1.82) is 0 Å². The fraction of sp³-hybridized carbons (Fsp3) is 0.565. The molecule has 0 bridgehead atoms. The van der Waals surface area contributed by atoms with Crippen LogP contribution in [0, 0.1) is 5.41 Å². The number of nitrogens with one attached hydrogen (secondary N) is 2. The number of imidazole rings is 1. The molecule has 2 atom stereocenters. The van der Waals surface area contributed by atoms with Crippen molar-refractivity contribution in [3.63, 3.8) is 0 Å². The lowest BCUT2D eigenvalue weighted by Crippen LogP contribution is -2.26. The number of fused-ring (bicyclic) bond motifs is 1. The average Bonchev–Trinajstić information content (AvgIpc) is 3.19. The standard InChI is InChI=1S/C23H33N9O/c1-4-5-9-25-21-28-19(24)18-20(29-21)32(22(33)27-18)13-15-6-7-17(26-12-15)31-10-8-23(14-31)11-16(23)30(2)3/h6-7,12,16H,4-5,8-11,13-14H2,1-3H3,(H,27,33)(H3,24,25,28,29)/t16?,23-/m0/s1. The summed E-state index contributed by atoms with van der Waals surface area (Å²) >= 11 is 0. The number of nitrogens with zero attached hydrogens (tertiary/aromatic N) is 6. The molecule has 5 rings (SSSR count). The molecule has 1 unspecified atom stereocenters. The molecular formula is C23H33N9O. The molecule has 3 aromatic heterocycles. The van der Waals surface area contributed by atoms with Crippen molar-refractivity contribution < 1.29 is 0 Å². The van der Waals surface area contributed by atoms with Crippen LogP contribution in [0.5, 0.6) is 0 Å². The maximum Gasteiger partial charge on any atom is 0.328 e. The predicted octanol–water partition coefficient (Wildman–Crippen LogP) is 1.89. The summed E-state index contributed by atoms with van der Waals surface area (Å²) < 4.78 is 1.59. The van der Waals surface area contributed by atoms with Gasteiger partial charge >= 0.3 is 5.69 Å². The monoisotopic (exact) mass is 451 g/mol. The minimum atomic E-state index is -0.259. The Morgan fingerprint density at radius 3 is 2.88 bits per heavy atom. The zero-order chi connectivity index (χ0) is 23.2. The molecule has 4 heterocycles. The maximum atomic E-state index is 12.6. The number of nitrogen functional groups attached to an aromatic ring is 1. The van der Waals surface area contributed by atoms with Gasteiger partial charge in [0.1, 0.15) is 11.3 Å². The highest BCUT2D eigenvalue weighted by molar-refractivity contribution is 5.82. The Kier molecular flexibility index (Phi) is 5.48. The van der Waals surface area contributed by atoms with Crippen LogP contribution < -0.4 is 21.6 Å². The van der Waals surface area contributed by atoms with Crippen LogP contribution in [0.25, 0.3) is 11.2 Å². The molecule has 176 valence electrons. The molecule has 0 radical (unpaired) electrons. The molecule has 0 amide bonds. The second kappa shape index (κ2) is 8.33. The van der Waals surface area contributed by atoms with Gasteiger partial charge in [0, 0.05) is 37.3 Å². The molecule has 3 aromatic rings. The van der Waals surface area contributed by atoms with E-state index in [-0.39, 0.29) is 11.5 Å². The lowest BCUT2D eigenvalue weighted by atomic mass is 10.1. The molecular weight excluding hydrogens is 418 g/mol. The van der Waals surface area contributed by atoms with E-state index < -0.39 is 0 Å². The van der Waals surface area contributed by atoms with Crippen molar-refractivity contribution in [3.8, 4) is 0 Å². The fourth-order valence-corrected chi connectivity index (χ4v) is 5.12. The molecule has 4 N–H and O–H groups in total. The summed E-state index contributed by atoms with van der Waals surface area (Å²) in [6, 6.07) is 4.79. The van der Waals surface area contributed by atoms with Gasteiger partial charge in [0.2, 0.25) is 5.95 Å². The Balaban J connectivity index is 1.33. The SMILES string of the molecule is CCCCNc1nc(N)c2[nH]c(=O)n(Cc3ccc(N4CC[C@]5(CC5N(C)C)C4)nc3)c2n1. The van der Waals surface area contributed by atoms with E-state index in [0.717, 1.165) is 43.9 Å². The first-order chi connectivity index (χ1) is 15.9. The van der Waals surface area contributed by atoms with Gasteiger partial charge < -0.3 is 25.8 Å². The Morgan fingerprint density at radius 2 is 2.18 bits per heavy atom. The van der Waals surface area contributed by atoms with E-state index in [2.05, 4.69) is 57.2 Å². The largest absolute Gasteiger partial charge is 0.382 e. The van der Waals surface area contributed by atoms with E-state index in [1.807, 2.05) is 12.3 Å². The third kappa shape index (κ3) is 4.03. The number of rotatable bonds is 8. The Morgan fingerprint density at radius 1 is 1.33 bits per heavy atom. The van der Waals surface area contributed by atoms with Crippen LogP contribution in [0.15, 0.2) is 23.1 Å². The zero-order valence-electron chi connectivity index (χ0n) is 19.6. The van der Waals surface area contributed by atoms with Gasteiger partial charge in [-0.3, -0.25) is 4.57 Å². The van der Waals surface area contributed by atoms with Gasteiger partial charge in [-0.2, -0.15) is 9.97 Å². The summed E-state index contributed by atoms with van der Waals surface area (Å²) in [5, 5.41) is 3.19. The van der Waals surface area contributed by atoms with Crippen LogP contribution in [-0.2, 0) is 6.54 Å². The molecule has 2 aliphatic rings. The number of pyridine rings is 1. The van der Waals surface area contributed by atoms with Crippen molar-refractivity contribution in [2.24, 2.45) is 5.41 Å². The van der Waals surface area contributed by atoms with Crippen molar-refractivity contribution in [2.45, 2.75) is 45.2 Å². The summed E-state index contributed by atoms with van der Waals surface area (Å²) in [6.45, 7) is 5.35. The predicted molar refractivity (Wildman–Crippen MR) is 131 cm³/mol. The number of hydrogen-bond acceptors (Lipinski definition) is 8. The third-order valence-corrected chi connectivity index (χ3v) is 7.09. The molecule has 10 heteroatoms. The second-order valence-corrected chi connectivity index (χ2v) is 9.67. The summed E-state index contributed by atoms with van der Waals surface area (Å²) in [5.74, 6) is 1.71. The molecule has 1 saturated heterocycles. The van der Waals surface area contributed by atoms with E-state index >= 15 is 0 Å². The molecule has 1 aliphatic heterocycles. The van der Waals surface area contributed by atoms with E-state index in [1.165, 1.54) is 12.8 Å². The summed E-state index contributed by atoms with van der Waals surface area (Å²) in [5.41, 5.74) is 8.16. The Labute approximate surface area is 193 Å². The lowest BCUT2D eigenvalue weighted by Gasteiger charge is -2.19. The number of H-pyrrole nitrogens is 1. The van der Waals surface area contributed by atoms with E-state index in [4.69, 9.17) is 10.7 Å². The molecule has 10 nitrogen and oxygen atoms in total. The van der Waals surface area contributed by atoms with Crippen LogP contribution in [0.1, 0.15) is 38.2 Å². The van der Waals surface area contributed by atoms with Crippen LogP contribution in [0.4, 0.5) is 17.6 Å².